The number of halogens is 1. The molecule has 0 atom stereocenters. The molecule has 140 valence electrons. The first-order chi connectivity index (χ1) is 12.6. The van der Waals surface area contributed by atoms with Gasteiger partial charge in [-0.25, -0.2) is 9.97 Å². The van der Waals surface area contributed by atoms with Crippen molar-refractivity contribution >= 4 is 35.0 Å². The van der Waals surface area contributed by atoms with Crippen molar-refractivity contribution in [2.45, 2.75) is 31.8 Å². The summed E-state index contributed by atoms with van der Waals surface area (Å²) in [6, 6.07) is 5.28. The Morgan fingerprint density at radius 1 is 1.19 bits per heavy atom. The number of anilines is 1. The molecule has 0 radical (unpaired) electrons. The summed E-state index contributed by atoms with van der Waals surface area (Å²) < 4.78 is 11.4. The third-order valence-electron chi connectivity index (χ3n) is 3.24. The Bertz CT molecular complexity index is 758. The van der Waals surface area contributed by atoms with Gasteiger partial charge in [-0.1, -0.05) is 37.2 Å². The van der Waals surface area contributed by atoms with Crippen molar-refractivity contribution in [2.24, 2.45) is 0 Å². The van der Waals surface area contributed by atoms with Crippen molar-refractivity contribution in [1.82, 2.24) is 9.97 Å². The minimum absolute atomic E-state index is 0.133. The van der Waals surface area contributed by atoms with Gasteiger partial charge in [0.25, 0.3) is 5.91 Å². The van der Waals surface area contributed by atoms with E-state index in [-0.39, 0.29) is 10.7 Å². The highest BCUT2D eigenvalue weighted by atomic mass is 35.5. The number of amides is 1. The van der Waals surface area contributed by atoms with Crippen LogP contribution in [0.2, 0.25) is 5.02 Å². The molecule has 0 saturated heterocycles. The maximum atomic E-state index is 12.5. The lowest BCUT2D eigenvalue weighted by Crippen LogP contribution is -2.15. The topological polar surface area (TPSA) is 73.3 Å². The minimum atomic E-state index is -0.406. The lowest BCUT2D eigenvalue weighted by atomic mass is 10.2. The Morgan fingerprint density at radius 2 is 1.88 bits per heavy atom. The molecule has 1 amide bonds. The number of thioether (sulfide) groups is 1. The van der Waals surface area contributed by atoms with Crippen LogP contribution in [0.1, 0.15) is 37.2 Å². The summed E-state index contributed by atoms with van der Waals surface area (Å²) in [5, 5.41) is 3.47. The molecule has 0 saturated carbocycles. The van der Waals surface area contributed by atoms with Gasteiger partial charge >= 0.3 is 0 Å². The quantitative estimate of drug-likeness (QED) is 0.490. The van der Waals surface area contributed by atoms with Crippen molar-refractivity contribution in [2.75, 3.05) is 24.8 Å². The highest BCUT2D eigenvalue weighted by molar-refractivity contribution is 7.98. The third kappa shape index (κ3) is 5.51. The van der Waals surface area contributed by atoms with Crippen molar-refractivity contribution in [1.29, 1.82) is 0 Å². The number of benzene rings is 1. The van der Waals surface area contributed by atoms with Crippen molar-refractivity contribution < 1.29 is 14.3 Å². The van der Waals surface area contributed by atoms with E-state index < -0.39 is 5.91 Å². The van der Waals surface area contributed by atoms with Crippen molar-refractivity contribution in [3.05, 3.63) is 35.1 Å². The van der Waals surface area contributed by atoms with Gasteiger partial charge in [0.2, 0.25) is 0 Å². The molecule has 8 heteroatoms. The predicted molar refractivity (Wildman–Crippen MR) is 105 cm³/mol. The molecule has 0 aliphatic carbocycles. The number of rotatable bonds is 9. The van der Waals surface area contributed by atoms with E-state index in [2.05, 4.69) is 15.3 Å². The summed E-state index contributed by atoms with van der Waals surface area (Å²) in [5.41, 5.74) is 0.707. The van der Waals surface area contributed by atoms with Gasteiger partial charge in [-0.3, -0.25) is 4.79 Å². The second kappa shape index (κ2) is 10.2. The summed E-state index contributed by atoms with van der Waals surface area (Å²) in [7, 11) is 0. The molecule has 0 bridgehead atoms. The number of ether oxygens (including phenoxy) is 2. The number of hydrogen-bond acceptors (Lipinski definition) is 6. The van der Waals surface area contributed by atoms with Crippen LogP contribution in [0.15, 0.2) is 29.6 Å². The molecular formula is C18H22ClN3O3S. The first-order valence-electron chi connectivity index (χ1n) is 8.36. The average Bonchev–Trinajstić information content (AvgIpc) is 2.65. The van der Waals surface area contributed by atoms with Gasteiger partial charge in [0.05, 0.1) is 24.4 Å². The fourth-order valence-corrected chi connectivity index (χ4v) is 2.56. The van der Waals surface area contributed by atoms with Gasteiger partial charge in [0.1, 0.15) is 0 Å². The molecule has 0 aliphatic heterocycles. The number of aromatic nitrogens is 2. The van der Waals surface area contributed by atoms with Crippen LogP contribution in [0.3, 0.4) is 0 Å². The van der Waals surface area contributed by atoms with E-state index in [4.69, 9.17) is 21.1 Å². The molecule has 0 aliphatic rings. The monoisotopic (exact) mass is 395 g/mol. The largest absolute Gasteiger partial charge is 0.490 e. The standard InChI is InChI=1S/C18H22ClN3O3S/c1-4-8-24-14-7-6-12(10-15(14)25-9-5-2)21-17(23)16-13(19)11-20-18(22-16)26-3/h6-7,10-11H,4-5,8-9H2,1-3H3,(H,21,23). The van der Waals surface area contributed by atoms with Crippen LogP contribution in [0, 0.1) is 0 Å². The van der Waals surface area contributed by atoms with Crippen LogP contribution < -0.4 is 14.8 Å². The zero-order chi connectivity index (χ0) is 18.9. The van der Waals surface area contributed by atoms with Crippen LogP contribution in [0.25, 0.3) is 0 Å². The fourth-order valence-electron chi connectivity index (χ4n) is 2.04. The van der Waals surface area contributed by atoms with Crippen LogP contribution in [0.5, 0.6) is 11.5 Å². The highest BCUT2D eigenvalue weighted by Gasteiger charge is 2.15. The smallest absolute Gasteiger partial charge is 0.275 e. The maximum Gasteiger partial charge on any atom is 0.275 e. The Labute approximate surface area is 162 Å². The fraction of sp³-hybridized carbons (Fsp3) is 0.389. The SMILES string of the molecule is CCCOc1ccc(NC(=O)c2nc(SC)ncc2Cl)cc1OCCC. The molecule has 1 N–H and O–H groups in total. The second-order valence-corrected chi connectivity index (χ2v) is 6.55. The first kappa shape index (κ1) is 20.3. The molecule has 2 aromatic rings. The van der Waals surface area contributed by atoms with E-state index in [1.807, 2.05) is 20.1 Å². The lowest BCUT2D eigenvalue weighted by molar-refractivity contribution is 0.102. The molecule has 26 heavy (non-hydrogen) atoms. The predicted octanol–water partition coefficient (Wildman–Crippen LogP) is 4.68. The Morgan fingerprint density at radius 3 is 2.54 bits per heavy atom. The molecular weight excluding hydrogens is 374 g/mol. The van der Waals surface area contributed by atoms with Gasteiger partial charge in [-0.15, -0.1) is 0 Å². The van der Waals surface area contributed by atoms with Crippen LogP contribution in [-0.4, -0.2) is 35.3 Å². The normalized spacial score (nSPS) is 10.5. The van der Waals surface area contributed by atoms with E-state index >= 15 is 0 Å². The first-order valence-corrected chi connectivity index (χ1v) is 9.96. The van der Waals surface area contributed by atoms with E-state index in [9.17, 15) is 4.79 Å². The molecule has 1 aromatic heterocycles. The molecule has 2 rings (SSSR count). The number of hydrogen-bond donors (Lipinski definition) is 1. The molecule has 0 fully saturated rings. The summed E-state index contributed by atoms with van der Waals surface area (Å²) in [5.74, 6) is 0.844. The van der Waals surface area contributed by atoms with Gasteiger partial charge in [-0.05, 0) is 31.2 Å². The van der Waals surface area contributed by atoms with Crippen molar-refractivity contribution in [3.63, 3.8) is 0 Å². The number of nitrogens with zero attached hydrogens (tertiary/aromatic N) is 2. The summed E-state index contributed by atoms with van der Waals surface area (Å²) in [6.45, 7) is 5.23. The summed E-state index contributed by atoms with van der Waals surface area (Å²) >= 11 is 7.40. The Kier molecular flexibility index (Phi) is 8.00. The minimum Gasteiger partial charge on any atom is -0.490 e. The van der Waals surface area contributed by atoms with Gasteiger partial charge < -0.3 is 14.8 Å². The number of carbonyl (C=O) groups excluding carboxylic acids is 1. The average molecular weight is 396 g/mol. The zero-order valence-corrected chi connectivity index (χ0v) is 16.6. The maximum absolute atomic E-state index is 12.5. The lowest BCUT2D eigenvalue weighted by Gasteiger charge is -2.14. The van der Waals surface area contributed by atoms with E-state index in [0.29, 0.717) is 35.6 Å². The van der Waals surface area contributed by atoms with Crippen LogP contribution in [-0.2, 0) is 0 Å². The molecule has 1 heterocycles. The van der Waals surface area contributed by atoms with E-state index in [0.717, 1.165) is 12.8 Å². The van der Waals surface area contributed by atoms with Crippen LogP contribution >= 0.6 is 23.4 Å². The summed E-state index contributed by atoms with van der Waals surface area (Å²) in [4.78, 5) is 20.7. The Balaban J connectivity index is 2.21. The molecule has 0 spiro atoms. The Hall–Kier alpha value is -1.99. The van der Waals surface area contributed by atoms with E-state index in [1.165, 1.54) is 18.0 Å². The number of nitrogens with one attached hydrogen (secondary N) is 1. The van der Waals surface area contributed by atoms with Crippen molar-refractivity contribution in [3.8, 4) is 11.5 Å². The van der Waals surface area contributed by atoms with Crippen LogP contribution in [0.4, 0.5) is 5.69 Å². The van der Waals surface area contributed by atoms with Gasteiger partial charge in [-0.2, -0.15) is 0 Å². The van der Waals surface area contributed by atoms with E-state index in [1.54, 1.807) is 18.2 Å². The highest BCUT2D eigenvalue weighted by Crippen LogP contribution is 2.31. The van der Waals surface area contributed by atoms with Gasteiger partial charge in [0, 0.05) is 11.8 Å². The molecule has 1 aromatic carbocycles. The number of carbonyl (C=O) groups is 1. The third-order valence-corrected chi connectivity index (χ3v) is 4.08. The second-order valence-electron chi connectivity index (χ2n) is 5.37. The molecule has 0 unspecified atom stereocenters. The zero-order valence-electron chi connectivity index (χ0n) is 15.0. The summed E-state index contributed by atoms with van der Waals surface area (Å²) in [6.07, 6.45) is 5.03. The van der Waals surface area contributed by atoms with Gasteiger partial charge in [0.15, 0.2) is 22.3 Å². The molecule has 6 nitrogen and oxygen atoms in total.